The van der Waals surface area contributed by atoms with Gasteiger partial charge < -0.3 is 9.64 Å². The molecule has 0 bridgehead atoms. The van der Waals surface area contributed by atoms with Crippen LogP contribution in [0.25, 0.3) is 11.2 Å². The van der Waals surface area contributed by atoms with Crippen molar-refractivity contribution in [3.63, 3.8) is 0 Å². The number of nitrogens with one attached hydrogen (secondary N) is 1. The van der Waals surface area contributed by atoms with Crippen LogP contribution in [0.3, 0.4) is 0 Å². The van der Waals surface area contributed by atoms with E-state index in [1.54, 1.807) is 14.0 Å². The molecule has 3 heterocycles. The maximum atomic E-state index is 12.8. The summed E-state index contributed by atoms with van der Waals surface area (Å²) in [7, 11) is 1.61. The number of benzene rings is 1. The van der Waals surface area contributed by atoms with Crippen LogP contribution in [-0.4, -0.2) is 69.3 Å². The Balaban J connectivity index is 1.71. The van der Waals surface area contributed by atoms with Crippen molar-refractivity contribution >= 4 is 23.1 Å². The Kier molecular flexibility index (Phi) is 6.37. The van der Waals surface area contributed by atoms with Gasteiger partial charge in [-0.15, -0.1) is 0 Å². The van der Waals surface area contributed by atoms with Crippen LogP contribution in [0.1, 0.15) is 23.6 Å². The van der Waals surface area contributed by atoms with E-state index in [0.29, 0.717) is 56.4 Å². The van der Waals surface area contributed by atoms with Crippen molar-refractivity contribution in [3.05, 3.63) is 55.7 Å². The zero-order valence-corrected chi connectivity index (χ0v) is 19.6. The lowest BCUT2D eigenvalue weighted by molar-refractivity contribution is -0.144. The largest absolute Gasteiger partial charge is 0.465 e. The summed E-state index contributed by atoms with van der Waals surface area (Å²) in [5, 5.41) is 0. The summed E-state index contributed by atoms with van der Waals surface area (Å²) in [5.74, 6) is 0.419. The summed E-state index contributed by atoms with van der Waals surface area (Å²) in [6.45, 7) is 9.58. The first-order valence-electron chi connectivity index (χ1n) is 11.2. The molecule has 0 aliphatic carbocycles. The van der Waals surface area contributed by atoms with E-state index in [4.69, 9.17) is 9.72 Å². The molecule has 176 valence electrons. The van der Waals surface area contributed by atoms with Crippen molar-refractivity contribution in [3.8, 4) is 0 Å². The number of anilines is 1. The van der Waals surface area contributed by atoms with Gasteiger partial charge in [-0.05, 0) is 31.9 Å². The van der Waals surface area contributed by atoms with E-state index >= 15 is 0 Å². The fourth-order valence-corrected chi connectivity index (χ4v) is 4.25. The molecule has 33 heavy (non-hydrogen) atoms. The molecule has 0 spiro atoms. The lowest BCUT2D eigenvalue weighted by atomic mass is 10.1. The standard InChI is InChI=1S/C23H30N6O4/c1-5-33-18(30)14-27-8-10-28(11-9-27)22-24-20-19(21(31)25-23(32)26(20)4)29(22)13-17-12-15(2)6-7-16(17)3/h6-7,12H,5,8-11,13-14H2,1-4H3,(H,25,31,32). The second-order valence-electron chi connectivity index (χ2n) is 8.49. The Morgan fingerprint density at radius 2 is 1.88 bits per heavy atom. The first-order valence-corrected chi connectivity index (χ1v) is 11.2. The van der Waals surface area contributed by atoms with E-state index < -0.39 is 11.2 Å². The minimum Gasteiger partial charge on any atom is -0.465 e. The number of esters is 1. The number of piperazine rings is 1. The Hall–Kier alpha value is -3.40. The van der Waals surface area contributed by atoms with Gasteiger partial charge in [-0.3, -0.25) is 28.6 Å². The molecule has 1 aromatic carbocycles. The van der Waals surface area contributed by atoms with Crippen LogP contribution in [0.4, 0.5) is 5.95 Å². The Labute approximate surface area is 191 Å². The molecule has 1 saturated heterocycles. The zero-order chi connectivity index (χ0) is 23.7. The Morgan fingerprint density at radius 3 is 2.58 bits per heavy atom. The lowest BCUT2D eigenvalue weighted by Crippen LogP contribution is -2.49. The molecule has 4 rings (SSSR count). The molecule has 0 unspecified atom stereocenters. The van der Waals surface area contributed by atoms with E-state index in [1.165, 1.54) is 4.57 Å². The fraction of sp³-hybridized carbons (Fsp3) is 0.478. The number of nitrogens with zero attached hydrogens (tertiary/aromatic N) is 5. The number of ether oxygens (including phenoxy) is 1. The first kappa shape index (κ1) is 22.8. The minimum atomic E-state index is -0.491. The average molecular weight is 455 g/mol. The number of aromatic amines is 1. The quantitative estimate of drug-likeness (QED) is 0.549. The number of aryl methyl sites for hydroxylation is 3. The number of H-pyrrole nitrogens is 1. The highest BCUT2D eigenvalue weighted by molar-refractivity contribution is 5.75. The van der Waals surface area contributed by atoms with Gasteiger partial charge in [0.1, 0.15) is 0 Å². The van der Waals surface area contributed by atoms with Crippen LogP contribution >= 0.6 is 0 Å². The second kappa shape index (κ2) is 9.22. The molecule has 0 saturated carbocycles. The number of carbonyl (C=O) groups is 1. The van der Waals surface area contributed by atoms with Gasteiger partial charge in [0.25, 0.3) is 5.56 Å². The zero-order valence-electron chi connectivity index (χ0n) is 19.6. The highest BCUT2D eigenvalue weighted by Crippen LogP contribution is 2.24. The van der Waals surface area contributed by atoms with E-state index in [2.05, 4.69) is 33.0 Å². The van der Waals surface area contributed by atoms with Gasteiger partial charge >= 0.3 is 11.7 Å². The molecule has 3 aromatic rings. The SMILES string of the molecule is CCOC(=O)CN1CCN(c2nc3c(c(=O)[nH]c(=O)n3C)n2Cc2cc(C)ccc2C)CC1. The summed E-state index contributed by atoms with van der Waals surface area (Å²) < 4.78 is 8.33. The molecule has 0 amide bonds. The first-order chi connectivity index (χ1) is 15.8. The fourth-order valence-electron chi connectivity index (χ4n) is 4.25. The Bertz CT molecular complexity index is 1300. The van der Waals surface area contributed by atoms with Crippen molar-refractivity contribution in [2.24, 2.45) is 7.05 Å². The van der Waals surface area contributed by atoms with Crippen LogP contribution in [-0.2, 0) is 23.1 Å². The summed E-state index contributed by atoms with van der Waals surface area (Å²) in [6.07, 6.45) is 0. The van der Waals surface area contributed by atoms with Gasteiger partial charge in [0.2, 0.25) is 5.95 Å². The third-order valence-electron chi connectivity index (χ3n) is 6.13. The second-order valence-corrected chi connectivity index (χ2v) is 8.49. The summed E-state index contributed by atoms with van der Waals surface area (Å²) in [5.41, 5.74) is 3.14. The summed E-state index contributed by atoms with van der Waals surface area (Å²) in [4.78, 5) is 48.2. The molecule has 10 heteroatoms. The number of imidazole rings is 1. The molecule has 0 atom stereocenters. The lowest BCUT2D eigenvalue weighted by Gasteiger charge is -2.34. The number of hydrogen-bond acceptors (Lipinski definition) is 7. The molecule has 1 N–H and O–H groups in total. The third kappa shape index (κ3) is 4.56. The van der Waals surface area contributed by atoms with E-state index in [0.717, 1.165) is 16.7 Å². The number of carbonyl (C=O) groups excluding carboxylic acids is 1. The van der Waals surface area contributed by atoms with Crippen LogP contribution in [0.15, 0.2) is 27.8 Å². The average Bonchev–Trinajstić information content (AvgIpc) is 3.15. The number of aromatic nitrogens is 4. The number of fused-ring (bicyclic) bond motifs is 1. The highest BCUT2D eigenvalue weighted by atomic mass is 16.5. The maximum Gasteiger partial charge on any atom is 0.329 e. The normalized spacial score (nSPS) is 14.7. The van der Waals surface area contributed by atoms with E-state index in [9.17, 15) is 14.4 Å². The molecular weight excluding hydrogens is 424 g/mol. The van der Waals surface area contributed by atoms with Crippen molar-refractivity contribution in [2.45, 2.75) is 27.3 Å². The van der Waals surface area contributed by atoms with Gasteiger partial charge in [-0.25, -0.2) is 4.79 Å². The van der Waals surface area contributed by atoms with Crippen molar-refractivity contribution < 1.29 is 9.53 Å². The van der Waals surface area contributed by atoms with Crippen LogP contribution < -0.4 is 16.1 Å². The number of rotatable bonds is 6. The third-order valence-corrected chi connectivity index (χ3v) is 6.13. The van der Waals surface area contributed by atoms with E-state index in [1.807, 2.05) is 18.4 Å². The van der Waals surface area contributed by atoms with Gasteiger partial charge in [0, 0.05) is 33.2 Å². The van der Waals surface area contributed by atoms with Crippen molar-refractivity contribution in [1.82, 2.24) is 24.0 Å². The van der Waals surface area contributed by atoms with Crippen molar-refractivity contribution in [1.29, 1.82) is 0 Å². The van der Waals surface area contributed by atoms with Crippen LogP contribution in [0.2, 0.25) is 0 Å². The monoisotopic (exact) mass is 454 g/mol. The van der Waals surface area contributed by atoms with Gasteiger partial charge in [-0.1, -0.05) is 23.8 Å². The smallest absolute Gasteiger partial charge is 0.329 e. The number of hydrogen-bond donors (Lipinski definition) is 1. The topological polar surface area (TPSA) is 105 Å². The molecule has 10 nitrogen and oxygen atoms in total. The predicted octanol–water partition coefficient (Wildman–Crippen LogP) is 0.774. The molecule has 2 aromatic heterocycles. The molecule has 1 fully saturated rings. The van der Waals surface area contributed by atoms with Gasteiger partial charge in [0.05, 0.1) is 19.7 Å². The predicted molar refractivity (Wildman–Crippen MR) is 126 cm³/mol. The molecule has 1 aliphatic heterocycles. The van der Waals surface area contributed by atoms with Gasteiger partial charge in [-0.2, -0.15) is 4.98 Å². The molecular formula is C23H30N6O4. The van der Waals surface area contributed by atoms with Crippen LogP contribution in [0, 0.1) is 13.8 Å². The van der Waals surface area contributed by atoms with Crippen molar-refractivity contribution in [2.75, 3.05) is 44.2 Å². The molecule has 0 radical (unpaired) electrons. The highest BCUT2D eigenvalue weighted by Gasteiger charge is 2.26. The van der Waals surface area contributed by atoms with Gasteiger partial charge in [0.15, 0.2) is 11.2 Å². The van der Waals surface area contributed by atoms with E-state index in [-0.39, 0.29) is 12.5 Å². The minimum absolute atomic E-state index is 0.227. The molecule has 1 aliphatic rings. The Morgan fingerprint density at radius 1 is 1.15 bits per heavy atom. The van der Waals surface area contributed by atoms with Crippen LogP contribution in [0.5, 0.6) is 0 Å². The maximum absolute atomic E-state index is 12.8. The summed E-state index contributed by atoms with van der Waals surface area (Å²) in [6, 6.07) is 6.24. The summed E-state index contributed by atoms with van der Waals surface area (Å²) >= 11 is 0.